The zero-order valence-corrected chi connectivity index (χ0v) is 5.65. The fourth-order valence-electron chi connectivity index (χ4n) is 0.500. The average molecular weight is 98.2 g/mol. The second kappa shape index (κ2) is 2.15. The van der Waals surface area contributed by atoms with Crippen molar-refractivity contribution < 1.29 is 0 Å². The quantitative estimate of drug-likeness (QED) is 0.408. The zero-order chi connectivity index (χ0) is 5.91. The number of allylic oxidation sites excluding steroid dienone is 2. The van der Waals surface area contributed by atoms with Gasteiger partial charge in [-0.05, 0) is 12.3 Å². The molecule has 0 nitrogen and oxygen atoms in total. The van der Waals surface area contributed by atoms with E-state index in [4.69, 9.17) is 0 Å². The maximum Gasteiger partial charge on any atom is -0.0203 e. The Hall–Kier alpha value is -0.260. The summed E-state index contributed by atoms with van der Waals surface area (Å²) in [4.78, 5) is 0. The predicted molar refractivity (Wildman–Crippen MR) is 34.3 cm³/mol. The third-order valence-corrected chi connectivity index (χ3v) is 0.667. The molecule has 0 amide bonds. The molecular formula is C7H14. The van der Waals surface area contributed by atoms with Crippen LogP contribution in [0.2, 0.25) is 0 Å². The lowest BCUT2D eigenvalue weighted by molar-refractivity contribution is 0.543. The van der Waals surface area contributed by atoms with Gasteiger partial charge in [0, 0.05) is 0 Å². The molecule has 0 heteroatoms. The molecule has 0 aromatic carbocycles. The van der Waals surface area contributed by atoms with E-state index in [0.717, 1.165) is 0 Å². The molecule has 42 valence electrons. The Morgan fingerprint density at radius 3 is 1.57 bits per heavy atom. The smallest absolute Gasteiger partial charge is 0.0203 e. The van der Waals surface area contributed by atoms with Crippen molar-refractivity contribution in [1.29, 1.82) is 0 Å². The maximum atomic E-state index is 2.19. The van der Waals surface area contributed by atoms with E-state index in [-0.39, 0.29) is 0 Å². The Bertz CT molecular complexity index is 62.6. The van der Waals surface area contributed by atoms with E-state index in [2.05, 4.69) is 32.9 Å². The molecule has 0 saturated carbocycles. The molecule has 0 heterocycles. The lowest BCUT2D eigenvalue weighted by Crippen LogP contribution is -1.97. The summed E-state index contributed by atoms with van der Waals surface area (Å²) in [6.07, 6.45) is 4.27. The van der Waals surface area contributed by atoms with Crippen LogP contribution < -0.4 is 0 Å². The van der Waals surface area contributed by atoms with Crippen molar-refractivity contribution in [2.24, 2.45) is 5.41 Å². The zero-order valence-electron chi connectivity index (χ0n) is 5.65. The predicted octanol–water partition coefficient (Wildman–Crippen LogP) is 2.61. The van der Waals surface area contributed by atoms with E-state index in [1.54, 1.807) is 0 Å². The average Bonchev–Trinajstić information content (AvgIpc) is 1.30. The first-order chi connectivity index (χ1) is 3.06. The molecule has 0 aromatic rings. The van der Waals surface area contributed by atoms with Gasteiger partial charge in [0.25, 0.3) is 0 Å². The van der Waals surface area contributed by atoms with Gasteiger partial charge in [-0.1, -0.05) is 32.9 Å². The molecule has 7 heavy (non-hydrogen) atoms. The maximum absolute atomic E-state index is 2.19. The first-order valence-electron chi connectivity index (χ1n) is 2.70. The van der Waals surface area contributed by atoms with Gasteiger partial charge in [0.1, 0.15) is 0 Å². The number of hydrogen-bond donors (Lipinski definition) is 0. The van der Waals surface area contributed by atoms with Crippen LogP contribution in [0, 0.1) is 5.41 Å². The molecule has 0 N–H and O–H groups in total. The third-order valence-electron chi connectivity index (χ3n) is 0.667. The van der Waals surface area contributed by atoms with Gasteiger partial charge in [-0.15, -0.1) is 0 Å². The molecule has 0 atom stereocenters. The number of rotatable bonds is 0. The minimum absolute atomic E-state index is 0.370. The highest BCUT2D eigenvalue weighted by atomic mass is 14.1. The highest BCUT2D eigenvalue weighted by molar-refractivity contribution is 4.88. The molecule has 0 fully saturated rings. The van der Waals surface area contributed by atoms with Crippen LogP contribution in [0.5, 0.6) is 0 Å². The van der Waals surface area contributed by atoms with Crippen molar-refractivity contribution in [3.8, 4) is 0 Å². The van der Waals surface area contributed by atoms with E-state index in [1.807, 2.05) is 6.92 Å². The van der Waals surface area contributed by atoms with Crippen LogP contribution in [0.15, 0.2) is 12.2 Å². The third kappa shape index (κ3) is 5.74. The van der Waals surface area contributed by atoms with Gasteiger partial charge in [-0.3, -0.25) is 0 Å². The molecule has 0 radical (unpaired) electrons. The molecule has 0 rings (SSSR count). The summed E-state index contributed by atoms with van der Waals surface area (Å²) in [5.41, 5.74) is 0.370. The van der Waals surface area contributed by atoms with Gasteiger partial charge in [-0.2, -0.15) is 0 Å². The van der Waals surface area contributed by atoms with Crippen molar-refractivity contribution in [2.75, 3.05) is 0 Å². The SMILES string of the molecule is CC=CC(C)(C)C. The first-order valence-corrected chi connectivity index (χ1v) is 2.70. The Kier molecular flexibility index (Phi) is 2.07. The second-order valence-corrected chi connectivity index (χ2v) is 2.87. The summed E-state index contributed by atoms with van der Waals surface area (Å²) >= 11 is 0. The summed E-state index contributed by atoms with van der Waals surface area (Å²) < 4.78 is 0. The highest BCUT2D eigenvalue weighted by Gasteiger charge is 2.00. The second-order valence-electron chi connectivity index (χ2n) is 2.87. The first kappa shape index (κ1) is 6.74. The Morgan fingerprint density at radius 2 is 1.57 bits per heavy atom. The molecule has 0 saturated heterocycles. The molecule has 0 aliphatic heterocycles. The summed E-state index contributed by atoms with van der Waals surface area (Å²) in [5, 5.41) is 0. The minimum atomic E-state index is 0.370. The van der Waals surface area contributed by atoms with Crippen molar-refractivity contribution >= 4 is 0 Å². The molecule has 0 aromatic heterocycles. The Morgan fingerprint density at radius 1 is 1.14 bits per heavy atom. The van der Waals surface area contributed by atoms with Gasteiger partial charge in [0.05, 0.1) is 0 Å². The van der Waals surface area contributed by atoms with Crippen LogP contribution in [0.1, 0.15) is 27.7 Å². The Balaban J connectivity index is 3.56. The van der Waals surface area contributed by atoms with Gasteiger partial charge in [0.15, 0.2) is 0 Å². The van der Waals surface area contributed by atoms with Gasteiger partial charge in [0.2, 0.25) is 0 Å². The number of hydrogen-bond acceptors (Lipinski definition) is 0. The monoisotopic (exact) mass is 98.1 g/mol. The summed E-state index contributed by atoms with van der Waals surface area (Å²) in [6, 6.07) is 0. The molecule has 0 aliphatic carbocycles. The normalized spacial score (nSPS) is 13.1. The van der Waals surface area contributed by atoms with E-state index < -0.39 is 0 Å². The van der Waals surface area contributed by atoms with Gasteiger partial charge in [-0.25, -0.2) is 0 Å². The van der Waals surface area contributed by atoms with E-state index in [0.29, 0.717) is 5.41 Å². The molecule has 0 unspecified atom stereocenters. The summed E-state index contributed by atoms with van der Waals surface area (Å²) in [7, 11) is 0. The van der Waals surface area contributed by atoms with Gasteiger partial charge >= 0.3 is 0 Å². The van der Waals surface area contributed by atoms with E-state index in [9.17, 15) is 0 Å². The fourth-order valence-corrected chi connectivity index (χ4v) is 0.500. The summed E-state index contributed by atoms with van der Waals surface area (Å²) in [5.74, 6) is 0. The van der Waals surface area contributed by atoms with Crippen LogP contribution in [0.25, 0.3) is 0 Å². The lowest BCUT2D eigenvalue weighted by atomic mass is 9.97. The van der Waals surface area contributed by atoms with Gasteiger partial charge < -0.3 is 0 Å². The van der Waals surface area contributed by atoms with Crippen LogP contribution in [-0.2, 0) is 0 Å². The fraction of sp³-hybridized carbons (Fsp3) is 0.714. The topological polar surface area (TPSA) is 0 Å². The van der Waals surface area contributed by atoms with Crippen LogP contribution in [0.4, 0.5) is 0 Å². The van der Waals surface area contributed by atoms with Crippen molar-refractivity contribution in [3.05, 3.63) is 12.2 Å². The highest BCUT2D eigenvalue weighted by Crippen LogP contribution is 2.13. The van der Waals surface area contributed by atoms with Crippen LogP contribution >= 0.6 is 0 Å². The molecular weight excluding hydrogens is 84.1 g/mol. The minimum Gasteiger partial charge on any atom is -0.0911 e. The molecule has 0 spiro atoms. The van der Waals surface area contributed by atoms with Crippen molar-refractivity contribution in [2.45, 2.75) is 27.7 Å². The molecule has 0 bridgehead atoms. The largest absolute Gasteiger partial charge is 0.0911 e. The molecule has 0 aliphatic rings. The Labute approximate surface area is 46.2 Å². The summed E-state index contributed by atoms with van der Waals surface area (Å²) in [6.45, 7) is 8.61. The van der Waals surface area contributed by atoms with E-state index >= 15 is 0 Å². The standard InChI is InChI=1S/C7H14/c1-5-6-7(2,3)4/h5-6H,1-4H3. The van der Waals surface area contributed by atoms with Crippen molar-refractivity contribution in [1.82, 2.24) is 0 Å². The van der Waals surface area contributed by atoms with Crippen LogP contribution in [0.3, 0.4) is 0 Å². The lowest BCUT2D eigenvalue weighted by Gasteiger charge is -2.09. The van der Waals surface area contributed by atoms with E-state index in [1.165, 1.54) is 0 Å². The van der Waals surface area contributed by atoms with Crippen LogP contribution in [-0.4, -0.2) is 0 Å². The van der Waals surface area contributed by atoms with Crippen molar-refractivity contribution in [3.63, 3.8) is 0 Å².